The van der Waals surface area contributed by atoms with Crippen LogP contribution < -0.4 is 10.5 Å². The number of rotatable bonds is 2. The summed E-state index contributed by atoms with van der Waals surface area (Å²) in [6, 6.07) is 9.54. The van der Waals surface area contributed by atoms with Gasteiger partial charge >= 0.3 is 0 Å². The molecular weight excluding hydrogens is 252 g/mol. The zero-order valence-electron chi connectivity index (χ0n) is 11.7. The van der Waals surface area contributed by atoms with Gasteiger partial charge in [0.1, 0.15) is 11.3 Å². The second kappa shape index (κ2) is 4.56. The minimum atomic E-state index is 0.570. The Morgan fingerprint density at radius 1 is 1.15 bits per heavy atom. The fourth-order valence-corrected chi connectivity index (χ4v) is 2.21. The first kappa shape index (κ1) is 12.5. The summed E-state index contributed by atoms with van der Waals surface area (Å²) in [5.41, 5.74) is 11.3. The summed E-state index contributed by atoms with van der Waals surface area (Å²) in [5, 5.41) is 0. The molecule has 0 aliphatic heterocycles. The van der Waals surface area contributed by atoms with Gasteiger partial charge in [-0.15, -0.1) is 0 Å². The third-order valence-electron chi connectivity index (χ3n) is 3.55. The van der Waals surface area contributed by atoms with E-state index >= 15 is 0 Å². The van der Waals surface area contributed by atoms with Gasteiger partial charge in [-0.2, -0.15) is 0 Å². The van der Waals surface area contributed by atoms with Crippen LogP contribution in [0.5, 0.6) is 5.75 Å². The summed E-state index contributed by atoms with van der Waals surface area (Å²) in [5.74, 6) is 1.22. The molecule has 0 atom stereocenters. The largest absolute Gasteiger partial charge is 0.495 e. The molecule has 102 valence electrons. The number of aryl methyl sites for hydroxylation is 2. The molecule has 0 unspecified atom stereocenters. The summed E-state index contributed by atoms with van der Waals surface area (Å²) in [7, 11) is 1.59. The molecule has 3 aromatic rings. The maximum Gasteiger partial charge on any atom is 0.227 e. The Morgan fingerprint density at radius 3 is 2.65 bits per heavy atom. The van der Waals surface area contributed by atoms with Crippen LogP contribution >= 0.6 is 0 Å². The van der Waals surface area contributed by atoms with Crippen molar-refractivity contribution < 1.29 is 9.15 Å². The molecule has 3 rings (SSSR count). The Labute approximate surface area is 117 Å². The number of methoxy groups -OCH3 is 1. The highest BCUT2D eigenvalue weighted by molar-refractivity contribution is 5.80. The van der Waals surface area contributed by atoms with Gasteiger partial charge < -0.3 is 14.9 Å². The Morgan fingerprint density at radius 2 is 1.95 bits per heavy atom. The van der Waals surface area contributed by atoms with Gasteiger partial charge in [0.2, 0.25) is 5.89 Å². The van der Waals surface area contributed by atoms with Crippen LogP contribution in [0.15, 0.2) is 34.7 Å². The van der Waals surface area contributed by atoms with Crippen LogP contribution in [-0.4, -0.2) is 12.1 Å². The first-order valence-electron chi connectivity index (χ1n) is 6.41. The monoisotopic (exact) mass is 268 g/mol. The highest BCUT2D eigenvalue weighted by atomic mass is 16.5. The number of nitrogen functional groups attached to an aromatic ring is 1. The number of hydrogen-bond acceptors (Lipinski definition) is 4. The summed E-state index contributed by atoms with van der Waals surface area (Å²) in [6.45, 7) is 4.09. The number of nitrogens with zero attached hydrogens (tertiary/aromatic N) is 1. The topological polar surface area (TPSA) is 61.3 Å². The molecule has 0 aliphatic carbocycles. The number of nitrogens with two attached hydrogens (primary N) is 1. The second-order valence-corrected chi connectivity index (χ2v) is 4.83. The molecule has 0 fully saturated rings. The summed E-state index contributed by atoms with van der Waals surface area (Å²) in [4.78, 5) is 4.52. The molecule has 0 amide bonds. The van der Waals surface area contributed by atoms with Crippen molar-refractivity contribution >= 4 is 16.8 Å². The second-order valence-electron chi connectivity index (χ2n) is 4.83. The Kier molecular flexibility index (Phi) is 2.86. The molecule has 1 heterocycles. The van der Waals surface area contributed by atoms with E-state index in [1.54, 1.807) is 7.11 Å². The molecule has 20 heavy (non-hydrogen) atoms. The molecule has 2 aromatic carbocycles. The van der Waals surface area contributed by atoms with Crippen LogP contribution in [0.4, 0.5) is 5.69 Å². The minimum absolute atomic E-state index is 0.570. The lowest BCUT2D eigenvalue weighted by molar-refractivity contribution is 0.417. The summed E-state index contributed by atoms with van der Waals surface area (Å²) < 4.78 is 11.0. The van der Waals surface area contributed by atoms with E-state index in [0.717, 1.165) is 22.2 Å². The van der Waals surface area contributed by atoms with Crippen LogP contribution in [0.3, 0.4) is 0 Å². The maximum absolute atomic E-state index is 5.92. The molecule has 4 heteroatoms. The maximum atomic E-state index is 5.92. The van der Waals surface area contributed by atoms with Crippen molar-refractivity contribution in [2.24, 2.45) is 0 Å². The predicted octanol–water partition coefficient (Wildman–Crippen LogP) is 3.70. The van der Waals surface area contributed by atoms with E-state index in [0.29, 0.717) is 17.3 Å². The van der Waals surface area contributed by atoms with Crippen molar-refractivity contribution in [3.8, 4) is 17.2 Å². The summed E-state index contributed by atoms with van der Waals surface area (Å²) >= 11 is 0. The normalized spacial score (nSPS) is 10.9. The van der Waals surface area contributed by atoms with Gasteiger partial charge in [0.25, 0.3) is 0 Å². The molecule has 4 nitrogen and oxygen atoms in total. The van der Waals surface area contributed by atoms with Crippen LogP contribution in [0.1, 0.15) is 11.1 Å². The number of aromatic nitrogens is 1. The van der Waals surface area contributed by atoms with Crippen molar-refractivity contribution in [1.29, 1.82) is 0 Å². The van der Waals surface area contributed by atoms with Crippen LogP contribution in [-0.2, 0) is 0 Å². The van der Waals surface area contributed by atoms with Gasteiger partial charge in [-0.25, -0.2) is 4.98 Å². The lowest BCUT2D eigenvalue weighted by Gasteiger charge is -2.04. The first-order valence-corrected chi connectivity index (χ1v) is 6.41. The average molecular weight is 268 g/mol. The number of fused-ring (bicyclic) bond motifs is 1. The molecule has 0 radical (unpaired) electrons. The zero-order chi connectivity index (χ0) is 14.3. The van der Waals surface area contributed by atoms with E-state index < -0.39 is 0 Å². The molecule has 0 saturated carbocycles. The highest BCUT2D eigenvalue weighted by Gasteiger charge is 2.12. The average Bonchev–Trinajstić information content (AvgIpc) is 2.88. The van der Waals surface area contributed by atoms with Crippen molar-refractivity contribution in [3.05, 3.63) is 41.5 Å². The third kappa shape index (κ3) is 1.90. The molecule has 1 aromatic heterocycles. The van der Waals surface area contributed by atoms with E-state index in [4.69, 9.17) is 14.9 Å². The van der Waals surface area contributed by atoms with Gasteiger partial charge in [-0.3, -0.25) is 0 Å². The van der Waals surface area contributed by atoms with E-state index in [2.05, 4.69) is 11.9 Å². The van der Waals surface area contributed by atoms with Crippen molar-refractivity contribution in [2.75, 3.05) is 12.8 Å². The van der Waals surface area contributed by atoms with E-state index in [9.17, 15) is 0 Å². The smallest absolute Gasteiger partial charge is 0.227 e. The molecule has 2 N–H and O–H groups in total. The lowest BCUT2D eigenvalue weighted by atomic mass is 10.1. The van der Waals surface area contributed by atoms with Crippen molar-refractivity contribution in [1.82, 2.24) is 4.98 Å². The van der Waals surface area contributed by atoms with Gasteiger partial charge in [-0.1, -0.05) is 6.07 Å². The number of oxazole rings is 1. The molecular formula is C16H16N2O2. The number of benzene rings is 2. The number of anilines is 1. The predicted molar refractivity (Wildman–Crippen MR) is 79.9 cm³/mol. The van der Waals surface area contributed by atoms with E-state index in [-0.39, 0.29) is 0 Å². The van der Waals surface area contributed by atoms with Crippen molar-refractivity contribution in [2.45, 2.75) is 13.8 Å². The van der Waals surface area contributed by atoms with Gasteiger partial charge in [0.15, 0.2) is 5.58 Å². The van der Waals surface area contributed by atoms with Gasteiger partial charge in [0, 0.05) is 5.56 Å². The Bertz CT molecular complexity index is 791. The summed E-state index contributed by atoms with van der Waals surface area (Å²) in [6.07, 6.45) is 0. The Balaban J connectivity index is 2.15. The van der Waals surface area contributed by atoms with Crippen LogP contribution in [0.2, 0.25) is 0 Å². The zero-order valence-corrected chi connectivity index (χ0v) is 11.7. The Hall–Kier alpha value is -2.49. The van der Waals surface area contributed by atoms with E-state index in [1.807, 2.05) is 37.3 Å². The fraction of sp³-hybridized carbons (Fsp3) is 0.188. The van der Waals surface area contributed by atoms with E-state index in [1.165, 1.54) is 5.56 Å². The molecule has 0 bridgehead atoms. The van der Waals surface area contributed by atoms with Crippen molar-refractivity contribution in [3.63, 3.8) is 0 Å². The fourth-order valence-electron chi connectivity index (χ4n) is 2.21. The molecule has 0 aliphatic rings. The minimum Gasteiger partial charge on any atom is -0.495 e. The first-order chi connectivity index (χ1) is 9.60. The number of hydrogen-bond donors (Lipinski definition) is 1. The lowest BCUT2D eigenvalue weighted by Crippen LogP contribution is -1.92. The quantitative estimate of drug-likeness (QED) is 0.720. The van der Waals surface area contributed by atoms with Gasteiger partial charge in [0.05, 0.1) is 12.8 Å². The molecule has 0 saturated heterocycles. The van der Waals surface area contributed by atoms with Gasteiger partial charge in [-0.05, 0) is 49.2 Å². The molecule has 0 spiro atoms. The van der Waals surface area contributed by atoms with Crippen LogP contribution in [0, 0.1) is 13.8 Å². The standard InChI is InChI=1S/C16H16N2O2/c1-9-4-6-13-15(10(9)2)20-16(18-13)11-5-7-14(19-3)12(17)8-11/h4-8H,17H2,1-3H3. The SMILES string of the molecule is COc1ccc(-c2nc3ccc(C)c(C)c3o2)cc1N. The number of ether oxygens (including phenoxy) is 1. The van der Waals surface area contributed by atoms with Crippen LogP contribution in [0.25, 0.3) is 22.6 Å². The highest BCUT2D eigenvalue weighted by Crippen LogP contribution is 2.31. The third-order valence-corrected chi connectivity index (χ3v) is 3.55.